The van der Waals surface area contributed by atoms with Crippen molar-refractivity contribution >= 4 is 52.0 Å². The van der Waals surface area contributed by atoms with Crippen molar-refractivity contribution in [1.82, 2.24) is 9.99 Å². The first kappa shape index (κ1) is 16.5. The predicted octanol–water partition coefficient (Wildman–Crippen LogP) is 3.29. The lowest BCUT2D eigenvalue weighted by molar-refractivity contribution is 0.0905. The number of unbranched alkanes of at least 4 members (excludes halogenated alkanes) is 1. The second-order valence-corrected chi connectivity index (χ2v) is 5.59. The van der Waals surface area contributed by atoms with Gasteiger partial charge in [-0.05, 0) is 24.7 Å². The van der Waals surface area contributed by atoms with Gasteiger partial charge >= 0.3 is 0 Å². The molecule has 1 aromatic heterocycles. The summed E-state index contributed by atoms with van der Waals surface area (Å²) in [5.74, 6) is -0.0231. The molecule has 0 amide bonds. The molecule has 0 spiro atoms. The Labute approximate surface area is 139 Å². The molecule has 0 saturated heterocycles. The Hall–Kier alpha value is -1.92. The Bertz CT molecular complexity index is 738. The number of nitrogens with two attached hydrogens (primary N) is 1. The number of para-hydroxylation sites is 1. The minimum absolute atomic E-state index is 0.0231. The number of benzene rings is 1. The van der Waals surface area contributed by atoms with Crippen LogP contribution in [0.5, 0.6) is 0 Å². The average Bonchev–Trinajstić information content (AvgIpc) is 2.77. The van der Waals surface area contributed by atoms with Crippen molar-refractivity contribution in [3.05, 3.63) is 35.0 Å². The first-order chi connectivity index (χ1) is 10.6. The lowest BCUT2D eigenvalue weighted by Gasteiger charge is -2.04. The molecule has 0 bridgehead atoms. The molecule has 0 saturated carbocycles. The first-order valence-electron chi connectivity index (χ1n) is 6.97. The van der Waals surface area contributed by atoms with Gasteiger partial charge in [0.25, 0.3) is 0 Å². The zero-order chi connectivity index (χ0) is 16.1. The van der Waals surface area contributed by atoms with Crippen LogP contribution in [0.4, 0.5) is 0 Å². The second kappa shape index (κ2) is 7.38. The number of nitrogens with one attached hydrogen (secondary N) is 1. The molecule has 3 N–H and O–H groups in total. The van der Waals surface area contributed by atoms with E-state index in [0.717, 1.165) is 23.7 Å². The number of hydrazone groups is 1. The fourth-order valence-electron chi connectivity index (χ4n) is 2.20. The third-order valence-electron chi connectivity index (χ3n) is 3.22. The first-order valence-corrected chi connectivity index (χ1v) is 7.75. The van der Waals surface area contributed by atoms with Gasteiger partial charge in [-0.1, -0.05) is 43.1 Å². The Balaban J connectivity index is 2.49. The molecule has 0 aliphatic rings. The molecule has 7 heteroatoms. The van der Waals surface area contributed by atoms with Gasteiger partial charge in [0.15, 0.2) is 5.11 Å². The van der Waals surface area contributed by atoms with Gasteiger partial charge in [0, 0.05) is 17.4 Å². The third kappa shape index (κ3) is 3.45. The molecule has 0 atom stereocenters. The summed E-state index contributed by atoms with van der Waals surface area (Å²) in [7, 11) is 0. The number of carbonyl (C=O) groups is 1. The van der Waals surface area contributed by atoms with Crippen LogP contribution in [0.1, 0.15) is 36.5 Å². The van der Waals surface area contributed by atoms with Gasteiger partial charge in [-0.2, -0.15) is 5.10 Å². The van der Waals surface area contributed by atoms with E-state index in [2.05, 4.69) is 10.5 Å². The van der Waals surface area contributed by atoms with Gasteiger partial charge in [0.1, 0.15) is 5.15 Å². The maximum Gasteiger partial charge on any atom is 0.232 e. The molecule has 1 aromatic carbocycles. The van der Waals surface area contributed by atoms with E-state index in [4.69, 9.17) is 29.6 Å². The number of nitrogens with zero attached hydrogens (tertiary/aromatic N) is 2. The number of rotatable bonds is 5. The van der Waals surface area contributed by atoms with Crippen LogP contribution in [-0.2, 0) is 0 Å². The van der Waals surface area contributed by atoms with E-state index in [1.54, 1.807) is 0 Å². The minimum Gasteiger partial charge on any atom is -0.375 e. The summed E-state index contributed by atoms with van der Waals surface area (Å²) in [6.45, 7) is 2.04. The Morgan fingerprint density at radius 3 is 2.91 bits per heavy atom. The molecular weight excluding hydrogens is 320 g/mol. The average molecular weight is 337 g/mol. The highest BCUT2D eigenvalue weighted by Gasteiger charge is 2.18. The highest BCUT2D eigenvalue weighted by molar-refractivity contribution is 7.80. The number of hydrogen-bond acceptors (Lipinski definition) is 3. The lowest BCUT2D eigenvalue weighted by Crippen LogP contribution is -2.24. The number of thiocarbonyl (C=S) groups is 1. The van der Waals surface area contributed by atoms with Gasteiger partial charge in [0.05, 0.1) is 11.7 Å². The fraction of sp³-hybridized carbons (Fsp3) is 0.267. The van der Waals surface area contributed by atoms with E-state index in [0.29, 0.717) is 17.1 Å². The van der Waals surface area contributed by atoms with Crippen molar-refractivity contribution < 1.29 is 4.79 Å². The Kier molecular flexibility index (Phi) is 5.51. The lowest BCUT2D eigenvalue weighted by atomic mass is 10.2. The van der Waals surface area contributed by atoms with Gasteiger partial charge in [-0.15, -0.1) is 0 Å². The molecule has 5 nitrogen and oxygen atoms in total. The maximum atomic E-state index is 12.4. The molecule has 0 aliphatic carbocycles. The van der Waals surface area contributed by atoms with Crippen molar-refractivity contribution in [2.24, 2.45) is 10.8 Å². The molecular formula is C15H17ClN4OS. The molecule has 1 heterocycles. The molecule has 0 radical (unpaired) electrons. The summed E-state index contributed by atoms with van der Waals surface area (Å²) in [5.41, 5.74) is 9.24. The van der Waals surface area contributed by atoms with Crippen LogP contribution >= 0.6 is 23.8 Å². The van der Waals surface area contributed by atoms with Crippen LogP contribution in [0, 0.1) is 0 Å². The summed E-state index contributed by atoms with van der Waals surface area (Å²) in [4.78, 5) is 12.4. The molecule has 0 fully saturated rings. The van der Waals surface area contributed by atoms with E-state index in [1.165, 1.54) is 10.8 Å². The highest BCUT2D eigenvalue weighted by Crippen LogP contribution is 2.29. The quantitative estimate of drug-likeness (QED) is 0.499. The standard InChI is InChI=1S/C15H17ClN4OS/c1-2-3-8-13(21)20-12-7-5-4-6-10(12)11(14(20)16)9-18-19-15(17)22/h4-7,9H,2-3,8H2,1H3,(H3,17,19,22)/b18-9-. The Morgan fingerprint density at radius 2 is 2.23 bits per heavy atom. The normalized spacial score (nSPS) is 11.2. The number of hydrogen-bond donors (Lipinski definition) is 2. The summed E-state index contributed by atoms with van der Waals surface area (Å²) < 4.78 is 1.54. The number of halogens is 1. The predicted molar refractivity (Wildman–Crippen MR) is 94.6 cm³/mol. The van der Waals surface area contributed by atoms with Crippen molar-refractivity contribution in [2.75, 3.05) is 0 Å². The fourth-order valence-corrected chi connectivity index (χ4v) is 2.59. The number of aromatic nitrogens is 1. The van der Waals surface area contributed by atoms with Crippen molar-refractivity contribution in [3.8, 4) is 0 Å². The molecule has 0 aliphatic heterocycles. The van der Waals surface area contributed by atoms with Crippen molar-refractivity contribution in [2.45, 2.75) is 26.2 Å². The third-order valence-corrected chi connectivity index (χ3v) is 3.68. The van der Waals surface area contributed by atoms with Gasteiger partial charge in [-0.25, -0.2) is 0 Å². The highest BCUT2D eigenvalue weighted by atomic mass is 35.5. The van der Waals surface area contributed by atoms with Crippen molar-refractivity contribution in [3.63, 3.8) is 0 Å². The monoisotopic (exact) mass is 336 g/mol. The maximum absolute atomic E-state index is 12.4. The molecule has 2 aromatic rings. The molecule has 2 rings (SSSR count). The zero-order valence-electron chi connectivity index (χ0n) is 12.2. The second-order valence-electron chi connectivity index (χ2n) is 4.79. The summed E-state index contributed by atoms with van der Waals surface area (Å²) in [5, 5.41) is 5.20. The molecule has 22 heavy (non-hydrogen) atoms. The van der Waals surface area contributed by atoms with E-state index >= 15 is 0 Å². The van der Waals surface area contributed by atoms with E-state index in [1.807, 2.05) is 31.2 Å². The Morgan fingerprint density at radius 1 is 1.50 bits per heavy atom. The topological polar surface area (TPSA) is 72.4 Å². The largest absolute Gasteiger partial charge is 0.375 e. The zero-order valence-corrected chi connectivity index (χ0v) is 13.7. The summed E-state index contributed by atoms with van der Waals surface area (Å²) >= 11 is 11.1. The van der Waals surface area contributed by atoms with E-state index in [9.17, 15) is 4.79 Å². The van der Waals surface area contributed by atoms with E-state index in [-0.39, 0.29) is 11.0 Å². The number of fused-ring (bicyclic) bond motifs is 1. The van der Waals surface area contributed by atoms with Gasteiger partial charge < -0.3 is 5.73 Å². The summed E-state index contributed by atoms with van der Waals surface area (Å²) in [6, 6.07) is 7.52. The summed E-state index contributed by atoms with van der Waals surface area (Å²) in [6.07, 6.45) is 3.76. The van der Waals surface area contributed by atoms with Crippen LogP contribution in [0.15, 0.2) is 29.4 Å². The minimum atomic E-state index is -0.0231. The smallest absolute Gasteiger partial charge is 0.232 e. The van der Waals surface area contributed by atoms with Crippen LogP contribution in [0.2, 0.25) is 5.15 Å². The van der Waals surface area contributed by atoms with Gasteiger partial charge in [0.2, 0.25) is 5.91 Å². The van der Waals surface area contributed by atoms with Crippen molar-refractivity contribution in [1.29, 1.82) is 0 Å². The van der Waals surface area contributed by atoms with Gasteiger partial charge in [-0.3, -0.25) is 14.8 Å². The molecule has 0 unspecified atom stereocenters. The van der Waals surface area contributed by atoms with Crippen LogP contribution < -0.4 is 11.2 Å². The van der Waals surface area contributed by atoms with Crippen LogP contribution in [-0.4, -0.2) is 21.8 Å². The van der Waals surface area contributed by atoms with Crippen LogP contribution in [0.25, 0.3) is 10.9 Å². The van der Waals surface area contributed by atoms with Crippen LogP contribution in [0.3, 0.4) is 0 Å². The molecule has 116 valence electrons. The number of carbonyl (C=O) groups excluding carboxylic acids is 1. The SMILES string of the molecule is CCCCC(=O)n1c(Cl)c(/C=N\NC(N)=S)c2ccccc21. The van der Waals surface area contributed by atoms with E-state index < -0.39 is 0 Å².